The van der Waals surface area contributed by atoms with E-state index >= 15 is 0 Å². The third-order valence-corrected chi connectivity index (χ3v) is 3.62. The SMILES string of the molecule is CCC(C)C(=O)Nc1cccc(CNC(=NC)NCC(C)C)c1.I. The van der Waals surface area contributed by atoms with Crippen molar-refractivity contribution in [2.75, 3.05) is 18.9 Å². The van der Waals surface area contributed by atoms with E-state index in [-0.39, 0.29) is 35.8 Å². The molecule has 1 unspecified atom stereocenters. The molecule has 0 aromatic heterocycles. The highest BCUT2D eigenvalue weighted by Crippen LogP contribution is 2.13. The molecule has 0 radical (unpaired) electrons. The molecule has 1 amide bonds. The van der Waals surface area contributed by atoms with E-state index in [4.69, 9.17) is 0 Å². The van der Waals surface area contributed by atoms with Crippen LogP contribution in [0.5, 0.6) is 0 Å². The van der Waals surface area contributed by atoms with Gasteiger partial charge in [-0.25, -0.2) is 0 Å². The summed E-state index contributed by atoms with van der Waals surface area (Å²) in [7, 11) is 1.76. The molecule has 1 rings (SSSR count). The van der Waals surface area contributed by atoms with Crippen LogP contribution in [0.25, 0.3) is 0 Å². The predicted octanol–water partition coefficient (Wildman–Crippen LogP) is 3.61. The van der Waals surface area contributed by atoms with Gasteiger partial charge >= 0.3 is 0 Å². The van der Waals surface area contributed by atoms with Gasteiger partial charge < -0.3 is 16.0 Å². The van der Waals surface area contributed by atoms with E-state index in [0.717, 1.165) is 30.2 Å². The number of nitrogens with one attached hydrogen (secondary N) is 3. The second kappa shape index (κ2) is 12.1. The molecule has 0 heterocycles. The molecule has 0 fully saturated rings. The molecule has 5 nitrogen and oxygen atoms in total. The average molecular weight is 446 g/mol. The Kier molecular flexibility index (Phi) is 11.4. The van der Waals surface area contributed by atoms with Gasteiger partial charge in [0.2, 0.25) is 5.91 Å². The molecule has 1 aromatic carbocycles. The van der Waals surface area contributed by atoms with Gasteiger partial charge in [-0.05, 0) is 30.0 Å². The number of carbonyl (C=O) groups excluding carboxylic acids is 1. The lowest BCUT2D eigenvalue weighted by atomic mass is 10.1. The second-order valence-electron chi connectivity index (χ2n) is 6.20. The van der Waals surface area contributed by atoms with Crippen molar-refractivity contribution in [1.82, 2.24) is 10.6 Å². The summed E-state index contributed by atoms with van der Waals surface area (Å²) in [6.45, 7) is 9.80. The van der Waals surface area contributed by atoms with Crippen molar-refractivity contribution in [3.63, 3.8) is 0 Å². The molecule has 0 aliphatic heterocycles. The van der Waals surface area contributed by atoms with Gasteiger partial charge in [0, 0.05) is 31.7 Å². The van der Waals surface area contributed by atoms with E-state index in [9.17, 15) is 4.79 Å². The molecule has 0 bridgehead atoms. The maximum Gasteiger partial charge on any atom is 0.227 e. The van der Waals surface area contributed by atoms with Crippen LogP contribution >= 0.6 is 24.0 Å². The monoisotopic (exact) mass is 446 g/mol. The van der Waals surface area contributed by atoms with Crippen LogP contribution in [0.1, 0.15) is 39.7 Å². The van der Waals surface area contributed by atoms with Gasteiger partial charge in [-0.3, -0.25) is 9.79 Å². The van der Waals surface area contributed by atoms with Crippen molar-refractivity contribution in [2.45, 2.75) is 40.7 Å². The highest BCUT2D eigenvalue weighted by atomic mass is 127. The van der Waals surface area contributed by atoms with Crippen LogP contribution in [-0.4, -0.2) is 25.5 Å². The van der Waals surface area contributed by atoms with E-state index < -0.39 is 0 Å². The largest absolute Gasteiger partial charge is 0.356 e. The lowest BCUT2D eigenvalue weighted by Crippen LogP contribution is -2.38. The third-order valence-electron chi connectivity index (χ3n) is 3.62. The fourth-order valence-electron chi connectivity index (χ4n) is 1.92. The molecular formula is C18H31IN4O. The summed E-state index contributed by atoms with van der Waals surface area (Å²) < 4.78 is 0. The Morgan fingerprint density at radius 1 is 1.21 bits per heavy atom. The number of rotatable bonds is 7. The van der Waals surface area contributed by atoms with Gasteiger partial charge in [-0.15, -0.1) is 24.0 Å². The standard InChI is InChI=1S/C18H30N4O.HI/c1-6-14(4)17(23)22-16-9-7-8-15(10-16)12-21-18(19-5)20-11-13(2)3;/h7-10,13-14H,6,11-12H2,1-5H3,(H,22,23)(H2,19,20,21);1H. The van der Waals surface area contributed by atoms with Crippen molar-refractivity contribution < 1.29 is 4.79 Å². The van der Waals surface area contributed by atoms with Crippen molar-refractivity contribution in [3.05, 3.63) is 29.8 Å². The zero-order valence-corrected chi connectivity index (χ0v) is 17.7. The van der Waals surface area contributed by atoms with Crippen LogP contribution in [0.2, 0.25) is 0 Å². The number of nitrogens with zero attached hydrogens (tertiary/aromatic N) is 1. The molecule has 0 aliphatic rings. The molecule has 6 heteroatoms. The number of benzene rings is 1. The predicted molar refractivity (Wildman–Crippen MR) is 113 cm³/mol. The summed E-state index contributed by atoms with van der Waals surface area (Å²) in [5, 5.41) is 9.52. The summed E-state index contributed by atoms with van der Waals surface area (Å²) >= 11 is 0. The minimum absolute atomic E-state index is 0. The molecule has 0 saturated carbocycles. The first-order valence-corrected chi connectivity index (χ1v) is 8.30. The highest BCUT2D eigenvalue weighted by molar-refractivity contribution is 14.0. The summed E-state index contributed by atoms with van der Waals surface area (Å²) in [4.78, 5) is 16.2. The van der Waals surface area contributed by atoms with Crippen LogP contribution in [-0.2, 0) is 11.3 Å². The number of hydrogen-bond acceptors (Lipinski definition) is 2. The Balaban J connectivity index is 0.00000529. The van der Waals surface area contributed by atoms with Gasteiger partial charge in [0.05, 0.1) is 0 Å². The Morgan fingerprint density at radius 3 is 2.50 bits per heavy atom. The van der Waals surface area contributed by atoms with Gasteiger partial charge in [0.1, 0.15) is 0 Å². The van der Waals surface area contributed by atoms with Crippen molar-refractivity contribution in [2.24, 2.45) is 16.8 Å². The van der Waals surface area contributed by atoms with Gasteiger partial charge in [0.25, 0.3) is 0 Å². The van der Waals surface area contributed by atoms with Crippen molar-refractivity contribution in [1.29, 1.82) is 0 Å². The minimum atomic E-state index is 0. The van der Waals surface area contributed by atoms with Crippen LogP contribution in [0.4, 0.5) is 5.69 Å². The first-order valence-electron chi connectivity index (χ1n) is 8.30. The number of halogens is 1. The zero-order valence-electron chi connectivity index (χ0n) is 15.3. The third kappa shape index (κ3) is 8.52. The molecule has 1 aromatic rings. The van der Waals surface area contributed by atoms with Gasteiger partial charge in [-0.2, -0.15) is 0 Å². The molecular weight excluding hydrogens is 415 g/mol. The van der Waals surface area contributed by atoms with Crippen LogP contribution < -0.4 is 16.0 Å². The van der Waals surface area contributed by atoms with Crippen LogP contribution in [0.3, 0.4) is 0 Å². The molecule has 3 N–H and O–H groups in total. The number of carbonyl (C=O) groups is 1. The smallest absolute Gasteiger partial charge is 0.227 e. The van der Waals surface area contributed by atoms with Gasteiger partial charge in [0.15, 0.2) is 5.96 Å². The normalized spacial score (nSPS) is 12.3. The van der Waals surface area contributed by atoms with E-state index in [1.807, 2.05) is 38.1 Å². The lowest BCUT2D eigenvalue weighted by molar-refractivity contribution is -0.119. The van der Waals surface area contributed by atoms with Crippen molar-refractivity contribution in [3.8, 4) is 0 Å². The van der Waals surface area contributed by atoms with Crippen LogP contribution in [0.15, 0.2) is 29.3 Å². The summed E-state index contributed by atoms with van der Waals surface area (Å²) in [6.07, 6.45) is 0.838. The van der Waals surface area contributed by atoms with E-state index in [2.05, 4.69) is 34.8 Å². The zero-order chi connectivity index (χ0) is 17.2. The summed E-state index contributed by atoms with van der Waals surface area (Å²) in [5.74, 6) is 1.43. The van der Waals surface area contributed by atoms with E-state index in [0.29, 0.717) is 12.5 Å². The first-order chi connectivity index (χ1) is 11.0. The quantitative estimate of drug-likeness (QED) is 0.341. The summed E-state index contributed by atoms with van der Waals surface area (Å²) in [6, 6.07) is 7.88. The fraction of sp³-hybridized carbons (Fsp3) is 0.556. The Labute approximate surface area is 163 Å². The fourth-order valence-corrected chi connectivity index (χ4v) is 1.92. The van der Waals surface area contributed by atoms with Crippen molar-refractivity contribution >= 4 is 41.5 Å². The first kappa shape index (κ1) is 22.7. The number of amides is 1. The van der Waals surface area contributed by atoms with Gasteiger partial charge in [-0.1, -0.05) is 39.8 Å². The Hall–Kier alpha value is -1.31. The second-order valence-corrected chi connectivity index (χ2v) is 6.20. The molecule has 0 aliphatic carbocycles. The summed E-state index contributed by atoms with van der Waals surface area (Å²) in [5.41, 5.74) is 1.93. The molecule has 136 valence electrons. The number of aliphatic imine (C=N–C) groups is 1. The van der Waals surface area contributed by atoms with E-state index in [1.54, 1.807) is 7.05 Å². The molecule has 1 atom stereocenters. The maximum absolute atomic E-state index is 12.0. The van der Waals surface area contributed by atoms with E-state index in [1.165, 1.54) is 0 Å². The number of anilines is 1. The Bertz CT molecular complexity index is 532. The highest BCUT2D eigenvalue weighted by Gasteiger charge is 2.10. The molecule has 0 spiro atoms. The van der Waals surface area contributed by atoms with Crippen LogP contribution in [0, 0.1) is 11.8 Å². The topological polar surface area (TPSA) is 65.5 Å². The number of hydrogen-bond donors (Lipinski definition) is 3. The Morgan fingerprint density at radius 2 is 1.92 bits per heavy atom. The minimum Gasteiger partial charge on any atom is -0.356 e. The molecule has 0 saturated heterocycles. The number of guanidine groups is 1. The maximum atomic E-state index is 12.0. The average Bonchev–Trinajstić information content (AvgIpc) is 2.54. The lowest BCUT2D eigenvalue weighted by Gasteiger charge is -2.14. The molecule has 24 heavy (non-hydrogen) atoms.